The van der Waals surface area contributed by atoms with Gasteiger partial charge in [0.25, 0.3) is 0 Å². The van der Waals surface area contributed by atoms with Crippen LogP contribution < -0.4 is 5.32 Å². The van der Waals surface area contributed by atoms with Gasteiger partial charge in [-0.1, -0.05) is 11.6 Å². The molecule has 0 atom stereocenters. The van der Waals surface area contributed by atoms with Gasteiger partial charge in [0.15, 0.2) is 0 Å². The first-order valence-corrected chi connectivity index (χ1v) is 6.65. The number of nitrogens with one attached hydrogen (secondary N) is 1. The second-order valence-corrected chi connectivity index (χ2v) is 5.23. The standard InChI is InChI=1S/C12H7BrClN3O4/c13-6-3-10(17(20)21)11(15-5-6)16-7-1-2-8(12(18)19)9(14)4-7/h1-5H,(H,15,16)(H,18,19). The van der Waals surface area contributed by atoms with Gasteiger partial charge in [0.05, 0.1) is 15.5 Å². The van der Waals surface area contributed by atoms with Gasteiger partial charge in [0.1, 0.15) is 0 Å². The molecule has 1 aromatic carbocycles. The molecule has 0 aliphatic heterocycles. The second-order valence-electron chi connectivity index (χ2n) is 3.90. The molecule has 0 unspecified atom stereocenters. The van der Waals surface area contributed by atoms with Crippen LogP contribution in [0.4, 0.5) is 17.2 Å². The first-order valence-electron chi connectivity index (χ1n) is 5.48. The maximum atomic E-state index is 11.0. The molecule has 0 bridgehead atoms. The summed E-state index contributed by atoms with van der Waals surface area (Å²) in [5, 5.41) is 22.6. The Morgan fingerprint density at radius 1 is 1.43 bits per heavy atom. The Hall–Kier alpha value is -2.19. The number of carboxylic acid groups (broad SMARTS) is 1. The Morgan fingerprint density at radius 3 is 2.71 bits per heavy atom. The Labute approximate surface area is 131 Å². The molecule has 108 valence electrons. The summed E-state index contributed by atoms with van der Waals surface area (Å²) in [5.41, 5.74) is 0.117. The summed E-state index contributed by atoms with van der Waals surface area (Å²) in [6, 6.07) is 5.42. The van der Waals surface area contributed by atoms with E-state index in [1.807, 2.05) is 0 Å². The van der Waals surface area contributed by atoms with E-state index in [4.69, 9.17) is 16.7 Å². The first-order chi connectivity index (χ1) is 9.88. The van der Waals surface area contributed by atoms with Gasteiger partial charge >= 0.3 is 11.7 Å². The lowest BCUT2D eigenvalue weighted by atomic mass is 10.2. The van der Waals surface area contributed by atoms with E-state index in [2.05, 4.69) is 26.2 Å². The molecule has 0 radical (unpaired) electrons. The van der Waals surface area contributed by atoms with E-state index in [-0.39, 0.29) is 22.1 Å². The highest BCUT2D eigenvalue weighted by Crippen LogP contribution is 2.29. The van der Waals surface area contributed by atoms with Crippen LogP contribution in [0.15, 0.2) is 34.9 Å². The molecule has 2 N–H and O–H groups in total. The van der Waals surface area contributed by atoms with Gasteiger partial charge in [-0.25, -0.2) is 9.78 Å². The zero-order valence-electron chi connectivity index (χ0n) is 10.2. The van der Waals surface area contributed by atoms with Crippen molar-refractivity contribution in [2.75, 3.05) is 5.32 Å². The van der Waals surface area contributed by atoms with Gasteiger partial charge in [-0.3, -0.25) is 10.1 Å². The Morgan fingerprint density at radius 2 is 2.14 bits per heavy atom. The number of nitrogens with zero attached hydrogens (tertiary/aromatic N) is 2. The number of benzene rings is 1. The SMILES string of the molecule is O=C(O)c1ccc(Nc2ncc(Br)cc2[N+](=O)[O-])cc1Cl. The van der Waals surface area contributed by atoms with Crippen molar-refractivity contribution in [1.29, 1.82) is 0 Å². The molecule has 9 heteroatoms. The number of aromatic carboxylic acids is 1. The maximum Gasteiger partial charge on any atom is 0.337 e. The summed E-state index contributed by atoms with van der Waals surface area (Å²) < 4.78 is 0.471. The molecule has 0 aliphatic carbocycles. The Bertz CT molecular complexity index is 738. The van der Waals surface area contributed by atoms with E-state index >= 15 is 0 Å². The largest absolute Gasteiger partial charge is 0.478 e. The van der Waals surface area contributed by atoms with E-state index in [0.717, 1.165) is 0 Å². The van der Waals surface area contributed by atoms with Crippen molar-refractivity contribution in [1.82, 2.24) is 4.98 Å². The zero-order valence-corrected chi connectivity index (χ0v) is 12.6. The lowest BCUT2D eigenvalue weighted by Gasteiger charge is -2.08. The number of pyridine rings is 1. The molecule has 1 aromatic heterocycles. The predicted molar refractivity (Wildman–Crippen MR) is 80.3 cm³/mol. The molecule has 1 heterocycles. The average Bonchev–Trinajstić information content (AvgIpc) is 2.40. The van der Waals surface area contributed by atoms with Crippen LogP contribution in [0.25, 0.3) is 0 Å². The van der Waals surface area contributed by atoms with Gasteiger partial charge in [0, 0.05) is 22.4 Å². The monoisotopic (exact) mass is 371 g/mol. The summed E-state index contributed by atoms with van der Waals surface area (Å²) >= 11 is 8.94. The summed E-state index contributed by atoms with van der Waals surface area (Å²) in [6.45, 7) is 0. The molecule has 0 amide bonds. The van der Waals surface area contributed by atoms with Crippen LogP contribution in [0.5, 0.6) is 0 Å². The molecular formula is C12H7BrClN3O4. The lowest BCUT2D eigenvalue weighted by Crippen LogP contribution is -2.01. The number of anilines is 2. The molecule has 0 saturated carbocycles. The fraction of sp³-hybridized carbons (Fsp3) is 0. The molecule has 0 aliphatic rings. The summed E-state index contributed by atoms with van der Waals surface area (Å²) in [5.74, 6) is -1.12. The van der Waals surface area contributed by atoms with Crippen molar-refractivity contribution in [2.24, 2.45) is 0 Å². The highest BCUT2D eigenvalue weighted by molar-refractivity contribution is 9.10. The van der Waals surface area contributed by atoms with Crippen molar-refractivity contribution >= 4 is 50.7 Å². The van der Waals surface area contributed by atoms with Crippen molar-refractivity contribution in [3.63, 3.8) is 0 Å². The third-order valence-electron chi connectivity index (χ3n) is 2.49. The number of hydrogen-bond donors (Lipinski definition) is 2. The highest BCUT2D eigenvalue weighted by Gasteiger charge is 2.17. The van der Waals surface area contributed by atoms with Crippen LogP contribution in [0, 0.1) is 10.1 Å². The topological polar surface area (TPSA) is 105 Å². The Balaban J connectivity index is 2.37. The molecule has 7 nitrogen and oxygen atoms in total. The molecular weight excluding hydrogens is 366 g/mol. The van der Waals surface area contributed by atoms with E-state index < -0.39 is 10.9 Å². The van der Waals surface area contributed by atoms with Crippen LogP contribution in [0.1, 0.15) is 10.4 Å². The third kappa shape index (κ3) is 3.47. The number of carboxylic acids is 1. The van der Waals surface area contributed by atoms with Gasteiger partial charge in [-0.2, -0.15) is 0 Å². The lowest BCUT2D eigenvalue weighted by molar-refractivity contribution is -0.384. The molecule has 2 aromatic rings. The van der Waals surface area contributed by atoms with Gasteiger partial charge in [-0.05, 0) is 34.1 Å². The van der Waals surface area contributed by atoms with E-state index in [1.54, 1.807) is 0 Å². The van der Waals surface area contributed by atoms with E-state index in [1.165, 1.54) is 30.5 Å². The molecule has 0 spiro atoms. The van der Waals surface area contributed by atoms with Crippen molar-refractivity contribution in [3.05, 3.63) is 55.6 Å². The fourth-order valence-electron chi connectivity index (χ4n) is 1.57. The van der Waals surface area contributed by atoms with Gasteiger partial charge in [0.2, 0.25) is 5.82 Å². The van der Waals surface area contributed by atoms with Gasteiger partial charge < -0.3 is 10.4 Å². The first kappa shape index (κ1) is 15.2. The zero-order chi connectivity index (χ0) is 15.6. The molecule has 2 rings (SSSR count). The minimum atomic E-state index is -1.15. The fourth-order valence-corrected chi connectivity index (χ4v) is 2.15. The molecule has 21 heavy (non-hydrogen) atoms. The summed E-state index contributed by atoms with van der Waals surface area (Å²) in [4.78, 5) is 25.2. The van der Waals surface area contributed by atoms with Crippen molar-refractivity contribution < 1.29 is 14.8 Å². The number of aromatic nitrogens is 1. The number of halogens is 2. The quantitative estimate of drug-likeness (QED) is 0.624. The highest BCUT2D eigenvalue weighted by atomic mass is 79.9. The number of hydrogen-bond acceptors (Lipinski definition) is 5. The number of carbonyl (C=O) groups is 1. The minimum absolute atomic E-state index is 0.0206. The average molecular weight is 373 g/mol. The normalized spacial score (nSPS) is 10.2. The van der Waals surface area contributed by atoms with Crippen LogP contribution in [0.3, 0.4) is 0 Å². The van der Waals surface area contributed by atoms with E-state index in [0.29, 0.717) is 10.2 Å². The van der Waals surface area contributed by atoms with Crippen LogP contribution in [-0.4, -0.2) is 21.0 Å². The molecule has 0 fully saturated rings. The van der Waals surface area contributed by atoms with Crippen LogP contribution in [-0.2, 0) is 0 Å². The summed E-state index contributed by atoms with van der Waals surface area (Å²) in [6.07, 6.45) is 1.41. The number of rotatable bonds is 4. The van der Waals surface area contributed by atoms with Crippen LogP contribution in [0.2, 0.25) is 5.02 Å². The van der Waals surface area contributed by atoms with Crippen LogP contribution >= 0.6 is 27.5 Å². The van der Waals surface area contributed by atoms with E-state index in [9.17, 15) is 14.9 Å². The minimum Gasteiger partial charge on any atom is -0.478 e. The number of nitro groups is 1. The van der Waals surface area contributed by atoms with Crippen molar-refractivity contribution in [3.8, 4) is 0 Å². The third-order valence-corrected chi connectivity index (χ3v) is 3.24. The predicted octanol–water partition coefficient (Wildman–Crippen LogP) is 3.85. The summed E-state index contributed by atoms with van der Waals surface area (Å²) in [7, 11) is 0. The van der Waals surface area contributed by atoms with Gasteiger partial charge in [-0.15, -0.1) is 0 Å². The smallest absolute Gasteiger partial charge is 0.337 e. The Kier molecular flexibility index (Phi) is 4.39. The maximum absolute atomic E-state index is 11.0. The van der Waals surface area contributed by atoms with Crippen molar-refractivity contribution in [2.45, 2.75) is 0 Å². The molecule has 0 saturated heterocycles. The second kappa shape index (κ2) is 6.06.